The van der Waals surface area contributed by atoms with Crippen LogP contribution in [0.3, 0.4) is 0 Å². The fraction of sp³-hybridized carbons (Fsp3) is 0.455. The number of hydrogen-bond donors (Lipinski definition) is 0. The third-order valence-corrected chi connectivity index (χ3v) is 3.68. The van der Waals surface area contributed by atoms with Crippen molar-refractivity contribution in [1.82, 2.24) is 0 Å². The van der Waals surface area contributed by atoms with Gasteiger partial charge in [-0.2, -0.15) is 0 Å². The van der Waals surface area contributed by atoms with Gasteiger partial charge in [-0.05, 0) is 30.0 Å². The second-order valence-electron chi connectivity index (χ2n) is 3.57. The van der Waals surface area contributed by atoms with Crippen molar-refractivity contribution in [3.8, 4) is 0 Å². The van der Waals surface area contributed by atoms with Gasteiger partial charge in [0.2, 0.25) is 0 Å². The van der Waals surface area contributed by atoms with Crippen LogP contribution < -0.4 is 0 Å². The average Bonchev–Trinajstić information content (AvgIpc) is 3.00. The van der Waals surface area contributed by atoms with Crippen LogP contribution in [0.15, 0.2) is 22.7 Å². The van der Waals surface area contributed by atoms with E-state index >= 15 is 0 Å². The molecule has 1 aromatic carbocycles. The standard InChI is InChI=1S/C11H12Br2O/c12-6-8-1-4-11(13)9(5-8)7-14-10-2-3-10/h1,4-5,10H,2-3,6-7H2. The van der Waals surface area contributed by atoms with Crippen LogP contribution in [0.5, 0.6) is 0 Å². The first-order valence-corrected chi connectivity index (χ1v) is 6.66. The summed E-state index contributed by atoms with van der Waals surface area (Å²) in [6.07, 6.45) is 2.99. The highest BCUT2D eigenvalue weighted by molar-refractivity contribution is 9.10. The van der Waals surface area contributed by atoms with E-state index in [0.29, 0.717) is 6.10 Å². The van der Waals surface area contributed by atoms with E-state index in [0.717, 1.165) is 16.4 Å². The van der Waals surface area contributed by atoms with Crippen molar-refractivity contribution in [1.29, 1.82) is 0 Å². The van der Waals surface area contributed by atoms with Crippen molar-refractivity contribution in [2.45, 2.75) is 30.9 Å². The summed E-state index contributed by atoms with van der Waals surface area (Å²) in [6, 6.07) is 6.38. The third-order valence-electron chi connectivity index (χ3n) is 2.26. The van der Waals surface area contributed by atoms with Gasteiger partial charge < -0.3 is 4.74 Å². The molecule has 1 nitrogen and oxygen atoms in total. The lowest BCUT2D eigenvalue weighted by Crippen LogP contribution is -1.96. The van der Waals surface area contributed by atoms with Gasteiger partial charge in [-0.1, -0.05) is 44.0 Å². The maximum atomic E-state index is 5.67. The Morgan fingerprint density at radius 1 is 1.36 bits per heavy atom. The van der Waals surface area contributed by atoms with Gasteiger partial charge in [0.25, 0.3) is 0 Å². The molecule has 0 heterocycles. The molecule has 76 valence electrons. The van der Waals surface area contributed by atoms with Crippen LogP contribution in [-0.2, 0) is 16.7 Å². The Morgan fingerprint density at radius 2 is 2.14 bits per heavy atom. The lowest BCUT2D eigenvalue weighted by molar-refractivity contribution is 0.105. The van der Waals surface area contributed by atoms with E-state index in [1.165, 1.54) is 24.0 Å². The maximum Gasteiger partial charge on any atom is 0.0731 e. The summed E-state index contributed by atoms with van der Waals surface area (Å²) < 4.78 is 6.82. The molecule has 0 N–H and O–H groups in total. The minimum Gasteiger partial charge on any atom is -0.374 e. The molecule has 0 aromatic heterocycles. The topological polar surface area (TPSA) is 9.23 Å². The minimum absolute atomic E-state index is 0.523. The molecule has 0 unspecified atom stereocenters. The Hall–Kier alpha value is 0.140. The van der Waals surface area contributed by atoms with Crippen LogP contribution in [0.4, 0.5) is 0 Å². The van der Waals surface area contributed by atoms with Crippen LogP contribution in [0.25, 0.3) is 0 Å². The Morgan fingerprint density at radius 3 is 2.79 bits per heavy atom. The number of ether oxygens (including phenoxy) is 1. The predicted molar refractivity (Wildman–Crippen MR) is 64.6 cm³/mol. The Kier molecular flexibility index (Phi) is 3.63. The zero-order valence-corrected chi connectivity index (χ0v) is 11.0. The fourth-order valence-corrected chi connectivity index (χ4v) is 1.97. The van der Waals surface area contributed by atoms with Crippen LogP contribution in [0.1, 0.15) is 24.0 Å². The molecular weight excluding hydrogens is 308 g/mol. The van der Waals surface area contributed by atoms with Gasteiger partial charge in [0, 0.05) is 9.80 Å². The lowest BCUT2D eigenvalue weighted by atomic mass is 10.1. The first kappa shape index (κ1) is 10.7. The van der Waals surface area contributed by atoms with Gasteiger partial charge in [-0.25, -0.2) is 0 Å². The summed E-state index contributed by atoms with van der Waals surface area (Å²) >= 11 is 6.99. The van der Waals surface area contributed by atoms with Crippen molar-refractivity contribution in [3.05, 3.63) is 33.8 Å². The monoisotopic (exact) mass is 318 g/mol. The van der Waals surface area contributed by atoms with Gasteiger partial charge in [0.05, 0.1) is 12.7 Å². The molecule has 2 rings (SSSR count). The molecule has 0 radical (unpaired) electrons. The zero-order valence-electron chi connectivity index (χ0n) is 7.80. The SMILES string of the molecule is BrCc1ccc(Br)c(COC2CC2)c1. The van der Waals surface area contributed by atoms with E-state index in [9.17, 15) is 0 Å². The van der Waals surface area contributed by atoms with E-state index in [-0.39, 0.29) is 0 Å². The third kappa shape index (κ3) is 2.81. The van der Waals surface area contributed by atoms with Gasteiger partial charge in [-0.3, -0.25) is 0 Å². The molecule has 1 saturated carbocycles. The molecule has 1 aliphatic carbocycles. The Bertz CT molecular complexity index is 321. The average molecular weight is 320 g/mol. The molecule has 0 bridgehead atoms. The molecule has 0 aliphatic heterocycles. The highest BCUT2D eigenvalue weighted by Gasteiger charge is 2.22. The number of rotatable bonds is 4. The zero-order chi connectivity index (χ0) is 9.97. The van der Waals surface area contributed by atoms with Crippen molar-refractivity contribution in [2.75, 3.05) is 0 Å². The van der Waals surface area contributed by atoms with E-state index < -0.39 is 0 Å². The van der Waals surface area contributed by atoms with Gasteiger partial charge >= 0.3 is 0 Å². The highest BCUT2D eigenvalue weighted by atomic mass is 79.9. The second kappa shape index (κ2) is 4.77. The largest absolute Gasteiger partial charge is 0.374 e. The minimum atomic E-state index is 0.523. The normalized spacial score (nSPS) is 15.9. The van der Waals surface area contributed by atoms with Gasteiger partial charge in [0.1, 0.15) is 0 Å². The quantitative estimate of drug-likeness (QED) is 0.762. The van der Waals surface area contributed by atoms with Crippen LogP contribution in [-0.4, -0.2) is 6.10 Å². The molecule has 0 atom stereocenters. The van der Waals surface area contributed by atoms with Crippen molar-refractivity contribution in [2.24, 2.45) is 0 Å². The number of halogens is 2. The summed E-state index contributed by atoms with van der Waals surface area (Å²) in [4.78, 5) is 0. The maximum absolute atomic E-state index is 5.67. The molecule has 14 heavy (non-hydrogen) atoms. The summed E-state index contributed by atoms with van der Waals surface area (Å²) in [5.74, 6) is 0. The highest BCUT2D eigenvalue weighted by Crippen LogP contribution is 2.27. The van der Waals surface area contributed by atoms with Crippen molar-refractivity contribution in [3.63, 3.8) is 0 Å². The van der Waals surface area contributed by atoms with Crippen LogP contribution in [0, 0.1) is 0 Å². The lowest BCUT2D eigenvalue weighted by Gasteiger charge is -2.06. The molecule has 1 aromatic rings. The van der Waals surface area contributed by atoms with Crippen molar-refractivity contribution < 1.29 is 4.74 Å². The summed E-state index contributed by atoms with van der Waals surface area (Å²) in [5.41, 5.74) is 2.54. The fourth-order valence-electron chi connectivity index (χ4n) is 1.26. The first-order valence-electron chi connectivity index (χ1n) is 4.74. The smallest absolute Gasteiger partial charge is 0.0731 e. The second-order valence-corrected chi connectivity index (χ2v) is 4.98. The summed E-state index contributed by atoms with van der Waals surface area (Å²) in [5, 5.41) is 0.900. The summed E-state index contributed by atoms with van der Waals surface area (Å²) in [6.45, 7) is 0.728. The molecule has 1 aliphatic rings. The van der Waals surface area contributed by atoms with E-state index in [2.05, 4.69) is 50.1 Å². The summed E-state index contributed by atoms with van der Waals surface area (Å²) in [7, 11) is 0. The molecule has 3 heteroatoms. The Balaban J connectivity index is 2.04. The van der Waals surface area contributed by atoms with Crippen LogP contribution >= 0.6 is 31.9 Å². The van der Waals surface area contributed by atoms with E-state index in [4.69, 9.17) is 4.74 Å². The number of benzene rings is 1. The van der Waals surface area contributed by atoms with E-state index in [1.54, 1.807) is 0 Å². The van der Waals surface area contributed by atoms with E-state index in [1.807, 2.05) is 0 Å². The number of hydrogen-bond acceptors (Lipinski definition) is 1. The number of alkyl halides is 1. The molecule has 0 saturated heterocycles. The van der Waals surface area contributed by atoms with Gasteiger partial charge in [0.15, 0.2) is 0 Å². The molecular formula is C11H12Br2O. The van der Waals surface area contributed by atoms with Gasteiger partial charge in [-0.15, -0.1) is 0 Å². The Labute approximate surface area is 101 Å². The first-order chi connectivity index (χ1) is 6.79. The predicted octanol–water partition coefficient (Wildman–Crippen LogP) is 4.02. The molecule has 0 spiro atoms. The molecule has 1 fully saturated rings. The van der Waals surface area contributed by atoms with Crippen molar-refractivity contribution >= 4 is 31.9 Å². The molecule has 0 amide bonds. The van der Waals surface area contributed by atoms with Crippen LogP contribution in [0.2, 0.25) is 0 Å².